The van der Waals surface area contributed by atoms with Gasteiger partial charge in [-0.25, -0.2) is 4.98 Å². The van der Waals surface area contributed by atoms with E-state index in [1.54, 1.807) is 37.1 Å². The molecule has 0 saturated carbocycles. The molecule has 2 rings (SSSR count). The summed E-state index contributed by atoms with van der Waals surface area (Å²) in [5, 5.41) is 16.6. The Labute approximate surface area is 91.9 Å². The summed E-state index contributed by atoms with van der Waals surface area (Å²) in [5.41, 5.74) is 1.45. The van der Waals surface area contributed by atoms with Crippen LogP contribution in [-0.2, 0) is 11.8 Å². The summed E-state index contributed by atoms with van der Waals surface area (Å²) in [6.07, 6.45) is 3.29. The minimum absolute atomic E-state index is 0.647. The molecule has 1 atom stereocenters. The third-order valence-electron chi connectivity index (χ3n) is 2.38. The Morgan fingerprint density at radius 1 is 1.62 bits per heavy atom. The molecule has 0 aromatic carbocycles. The van der Waals surface area contributed by atoms with E-state index in [4.69, 9.17) is 5.11 Å². The lowest BCUT2D eigenvalue weighted by Gasteiger charge is -2.10. The van der Waals surface area contributed by atoms with Crippen molar-refractivity contribution in [3.8, 4) is 0 Å². The van der Waals surface area contributed by atoms with Crippen LogP contribution in [0.3, 0.4) is 0 Å². The molecule has 2 aromatic heterocycles. The van der Waals surface area contributed by atoms with Gasteiger partial charge in [-0.1, -0.05) is 0 Å². The predicted molar refractivity (Wildman–Crippen MR) is 59.2 cm³/mol. The number of hydrogen-bond acceptors (Lipinski definition) is 4. The van der Waals surface area contributed by atoms with Gasteiger partial charge in [0.15, 0.2) is 5.65 Å². The first-order chi connectivity index (χ1) is 7.59. The number of pyridine rings is 1. The van der Waals surface area contributed by atoms with Crippen molar-refractivity contribution in [1.82, 2.24) is 14.8 Å². The summed E-state index contributed by atoms with van der Waals surface area (Å²) in [5.74, 6) is -0.895. The number of aryl methyl sites for hydroxylation is 1. The van der Waals surface area contributed by atoms with Gasteiger partial charge in [0, 0.05) is 18.9 Å². The van der Waals surface area contributed by atoms with Crippen molar-refractivity contribution in [2.45, 2.75) is 13.0 Å². The van der Waals surface area contributed by atoms with E-state index in [1.165, 1.54) is 0 Å². The molecule has 6 heteroatoms. The lowest BCUT2D eigenvalue weighted by atomic mass is 10.2. The molecule has 2 N–H and O–H groups in total. The summed E-state index contributed by atoms with van der Waals surface area (Å²) in [4.78, 5) is 14.9. The molecule has 0 fully saturated rings. The van der Waals surface area contributed by atoms with Gasteiger partial charge in [0.05, 0.1) is 11.6 Å². The van der Waals surface area contributed by atoms with E-state index in [0.717, 1.165) is 16.7 Å². The molecule has 2 aromatic rings. The molecule has 16 heavy (non-hydrogen) atoms. The predicted octanol–water partition coefficient (Wildman–Crippen LogP) is 0.853. The zero-order valence-corrected chi connectivity index (χ0v) is 9.01. The fourth-order valence-corrected chi connectivity index (χ4v) is 1.47. The van der Waals surface area contributed by atoms with Crippen molar-refractivity contribution in [1.29, 1.82) is 0 Å². The van der Waals surface area contributed by atoms with Crippen molar-refractivity contribution in [3.63, 3.8) is 0 Å². The molecular weight excluding hydrogens is 208 g/mol. The van der Waals surface area contributed by atoms with Gasteiger partial charge >= 0.3 is 5.97 Å². The number of anilines is 1. The molecule has 0 saturated heterocycles. The van der Waals surface area contributed by atoms with Gasteiger partial charge in [-0.3, -0.25) is 9.48 Å². The van der Waals surface area contributed by atoms with Gasteiger partial charge in [-0.15, -0.1) is 0 Å². The zero-order valence-electron chi connectivity index (χ0n) is 9.01. The van der Waals surface area contributed by atoms with Gasteiger partial charge < -0.3 is 10.4 Å². The van der Waals surface area contributed by atoms with E-state index in [-0.39, 0.29) is 0 Å². The number of carboxylic acid groups (broad SMARTS) is 1. The van der Waals surface area contributed by atoms with Crippen molar-refractivity contribution in [2.24, 2.45) is 7.05 Å². The second kappa shape index (κ2) is 3.80. The first-order valence-corrected chi connectivity index (χ1v) is 4.85. The Balaban J connectivity index is 2.41. The monoisotopic (exact) mass is 220 g/mol. The first kappa shape index (κ1) is 10.4. The second-order valence-corrected chi connectivity index (χ2v) is 3.57. The molecule has 0 spiro atoms. The van der Waals surface area contributed by atoms with E-state index in [2.05, 4.69) is 15.4 Å². The van der Waals surface area contributed by atoms with Crippen LogP contribution in [-0.4, -0.2) is 31.9 Å². The SMILES string of the molecule is CC(Nc1ccnc2c1cnn2C)C(=O)O. The molecule has 0 aliphatic heterocycles. The van der Waals surface area contributed by atoms with Crippen LogP contribution in [0.2, 0.25) is 0 Å². The summed E-state index contributed by atoms with van der Waals surface area (Å²) >= 11 is 0. The minimum Gasteiger partial charge on any atom is -0.480 e. The van der Waals surface area contributed by atoms with Gasteiger partial charge in [-0.05, 0) is 13.0 Å². The molecule has 0 amide bonds. The Kier molecular flexibility index (Phi) is 2.47. The van der Waals surface area contributed by atoms with Crippen LogP contribution in [0.4, 0.5) is 5.69 Å². The highest BCUT2D eigenvalue weighted by Gasteiger charge is 2.13. The molecule has 1 unspecified atom stereocenters. The van der Waals surface area contributed by atoms with Gasteiger partial charge in [-0.2, -0.15) is 5.10 Å². The van der Waals surface area contributed by atoms with Crippen molar-refractivity contribution < 1.29 is 9.90 Å². The number of nitrogens with zero attached hydrogens (tertiary/aromatic N) is 3. The number of fused-ring (bicyclic) bond motifs is 1. The third-order valence-corrected chi connectivity index (χ3v) is 2.38. The quantitative estimate of drug-likeness (QED) is 0.801. The van der Waals surface area contributed by atoms with Gasteiger partial charge in [0.2, 0.25) is 0 Å². The third kappa shape index (κ3) is 1.69. The smallest absolute Gasteiger partial charge is 0.325 e. The summed E-state index contributed by atoms with van der Waals surface area (Å²) < 4.78 is 1.64. The number of aromatic nitrogens is 3. The largest absolute Gasteiger partial charge is 0.480 e. The fourth-order valence-electron chi connectivity index (χ4n) is 1.47. The first-order valence-electron chi connectivity index (χ1n) is 4.85. The maximum atomic E-state index is 10.7. The Morgan fingerprint density at radius 2 is 2.38 bits per heavy atom. The molecule has 2 heterocycles. The van der Waals surface area contributed by atoms with Crippen LogP contribution in [0.15, 0.2) is 18.5 Å². The van der Waals surface area contributed by atoms with Crippen molar-refractivity contribution in [3.05, 3.63) is 18.5 Å². The van der Waals surface area contributed by atoms with E-state index < -0.39 is 12.0 Å². The van der Waals surface area contributed by atoms with Gasteiger partial charge in [0.1, 0.15) is 6.04 Å². The zero-order chi connectivity index (χ0) is 11.7. The fraction of sp³-hybridized carbons (Fsp3) is 0.300. The van der Waals surface area contributed by atoms with E-state index >= 15 is 0 Å². The highest BCUT2D eigenvalue weighted by molar-refractivity contribution is 5.90. The molecule has 0 aliphatic rings. The standard InChI is InChI=1S/C10H12N4O2/c1-6(10(15)16)13-8-3-4-11-9-7(8)5-12-14(9)2/h3-6H,1-2H3,(H,11,13)(H,15,16). The Morgan fingerprint density at radius 3 is 3.06 bits per heavy atom. The Bertz CT molecular complexity index is 535. The average molecular weight is 220 g/mol. The Hall–Kier alpha value is -2.11. The number of rotatable bonds is 3. The summed E-state index contributed by atoms with van der Waals surface area (Å²) in [6.45, 7) is 1.59. The van der Waals surface area contributed by atoms with Crippen LogP contribution in [0.5, 0.6) is 0 Å². The normalized spacial score (nSPS) is 12.6. The lowest BCUT2D eigenvalue weighted by molar-refractivity contribution is -0.137. The summed E-state index contributed by atoms with van der Waals surface area (Å²) in [7, 11) is 1.79. The molecule has 0 bridgehead atoms. The second-order valence-electron chi connectivity index (χ2n) is 3.57. The summed E-state index contributed by atoms with van der Waals surface area (Å²) in [6, 6.07) is 1.09. The van der Waals surface area contributed by atoms with Crippen LogP contribution in [0.25, 0.3) is 11.0 Å². The average Bonchev–Trinajstić information content (AvgIpc) is 2.62. The maximum Gasteiger partial charge on any atom is 0.325 e. The van der Waals surface area contributed by atoms with Crippen LogP contribution < -0.4 is 5.32 Å². The van der Waals surface area contributed by atoms with Gasteiger partial charge in [0.25, 0.3) is 0 Å². The lowest BCUT2D eigenvalue weighted by Crippen LogP contribution is -2.25. The number of carbonyl (C=O) groups is 1. The van der Waals surface area contributed by atoms with E-state index in [1.807, 2.05) is 0 Å². The number of aliphatic carboxylic acids is 1. The van der Waals surface area contributed by atoms with E-state index in [9.17, 15) is 4.79 Å². The molecule has 0 radical (unpaired) electrons. The topological polar surface area (TPSA) is 80.0 Å². The van der Waals surface area contributed by atoms with Crippen LogP contribution >= 0.6 is 0 Å². The maximum absolute atomic E-state index is 10.7. The van der Waals surface area contributed by atoms with Crippen LogP contribution in [0, 0.1) is 0 Å². The highest BCUT2D eigenvalue weighted by Crippen LogP contribution is 2.20. The minimum atomic E-state index is -0.895. The molecule has 0 aliphatic carbocycles. The number of hydrogen-bond donors (Lipinski definition) is 2. The number of nitrogens with one attached hydrogen (secondary N) is 1. The molecule has 6 nitrogen and oxygen atoms in total. The molecule has 84 valence electrons. The molecular formula is C10H12N4O2. The van der Waals surface area contributed by atoms with Crippen molar-refractivity contribution >= 4 is 22.7 Å². The van der Waals surface area contributed by atoms with Crippen molar-refractivity contribution in [2.75, 3.05) is 5.32 Å². The van der Waals surface area contributed by atoms with E-state index in [0.29, 0.717) is 0 Å². The number of carboxylic acids is 1. The highest BCUT2D eigenvalue weighted by atomic mass is 16.4. The van der Waals surface area contributed by atoms with Crippen LogP contribution in [0.1, 0.15) is 6.92 Å².